The Kier molecular flexibility index (Phi) is 5.27. The lowest BCUT2D eigenvalue weighted by Gasteiger charge is -2.08. The minimum Gasteiger partial charge on any atom is -0.484 e. The molecule has 24 heavy (non-hydrogen) atoms. The molecule has 0 fully saturated rings. The maximum atomic E-state index is 11.9. The van der Waals surface area contributed by atoms with Crippen molar-refractivity contribution < 1.29 is 9.53 Å². The number of aryl methyl sites for hydroxylation is 1. The molecule has 0 aliphatic carbocycles. The monoisotopic (exact) mass is 402 g/mol. The number of nitrogens with zero attached hydrogens (tertiary/aromatic N) is 1. The van der Waals surface area contributed by atoms with E-state index in [2.05, 4.69) is 26.2 Å². The number of benzene rings is 2. The van der Waals surface area contributed by atoms with Crippen molar-refractivity contribution in [1.29, 1.82) is 0 Å². The minimum absolute atomic E-state index is 0.0359. The molecule has 1 amide bonds. The number of thiazole rings is 1. The first-order valence-electron chi connectivity index (χ1n) is 7.31. The highest BCUT2D eigenvalue weighted by molar-refractivity contribution is 9.10. The molecule has 0 aliphatic heterocycles. The van der Waals surface area contributed by atoms with E-state index >= 15 is 0 Å². The second kappa shape index (κ2) is 7.59. The number of halogens is 1. The molecule has 0 atom stereocenters. The predicted octanol–water partition coefficient (Wildman–Crippen LogP) is 4.90. The van der Waals surface area contributed by atoms with E-state index in [4.69, 9.17) is 4.74 Å². The normalized spacial score (nSPS) is 10.4. The number of carbonyl (C=O) groups is 1. The minimum atomic E-state index is -0.197. The first-order chi connectivity index (χ1) is 11.6. The first kappa shape index (κ1) is 16.7. The molecular weight excluding hydrogens is 388 g/mol. The average molecular weight is 403 g/mol. The second-order valence-corrected chi connectivity index (χ2v) is 6.94. The Morgan fingerprint density at radius 1 is 1.17 bits per heavy atom. The molecule has 6 heteroatoms. The van der Waals surface area contributed by atoms with Gasteiger partial charge in [-0.3, -0.25) is 4.79 Å². The van der Waals surface area contributed by atoms with E-state index in [0.717, 1.165) is 26.4 Å². The van der Waals surface area contributed by atoms with Gasteiger partial charge < -0.3 is 10.1 Å². The van der Waals surface area contributed by atoms with Crippen LogP contribution in [0.3, 0.4) is 0 Å². The fourth-order valence-corrected chi connectivity index (χ4v) is 3.13. The highest BCUT2D eigenvalue weighted by atomic mass is 79.9. The SMILES string of the molecule is Cc1csc(-c2ccc(OCC(=O)Nc3ccc(Br)cc3)cc2)n1. The van der Waals surface area contributed by atoms with Gasteiger partial charge in [-0.25, -0.2) is 4.98 Å². The van der Waals surface area contributed by atoms with Crippen LogP contribution in [0.15, 0.2) is 58.4 Å². The molecule has 122 valence electrons. The standard InChI is InChI=1S/C18H15BrN2O2S/c1-12-11-24-18(20-12)13-2-8-16(9-3-13)23-10-17(22)21-15-6-4-14(19)5-7-15/h2-9,11H,10H2,1H3,(H,21,22). The number of carbonyl (C=O) groups excluding carboxylic acids is 1. The van der Waals surface area contributed by atoms with Gasteiger partial charge in [0.25, 0.3) is 5.91 Å². The van der Waals surface area contributed by atoms with Crippen LogP contribution in [0.4, 0.5) is 5.69 Å². The van der Waals surface area contributed by atoms with E-state index in [-0.39, 0.29) is 12.5 Å². The summed E-state index contributed by atoms with van der Waals surface area (Å²) in [6.07, 6.45) is 0. The molecule has 3 rings (SSSR count). The van der Waals surface area contributed by atoms with E-state index in [9.17, 15) is 4.79 Å². The summed E-state index contributed by atoms with van der Waals surface area (Å²) in [7, 11) is 0. The average Bonchev–Trinajstić information content (AvgIpc) is 3.02. The summed E-state index contributed by atoms with van der Waals surface area (Å²) >= 11 is 4.97. The van der Waals surface area contributed by atoms with Gasteiger partial charge in [0.05, 0.1) is 0 Å². The quantitative estimate of drug-likeness (QED) is 0.660. The smallest absolute Gasteiger partial charge is 0.262 e. The maximum Gasteiger partial charge on any atom is 0.262 e. The van der Waals surface area contributed by atoms with Crippen LogP contribution in [0.2, 0.25) is 0 Å². The van der Waals surface area contributed by atoms with Crippen molar-refractivity contribution in [3.63, 3.8) is 0 Å². The number of amides is 1. The Balaban J connectivity index is 1.54. The van der Waals surface area contributed by atoms with Gasteiger partial charge in [0.2, 0.25) is 0 Å². The maximum absolute atomic E-state index is 11.9. The van der Waals surface area contributed by atoms with Crippen LogP contribution in [0.5, 0.6) is 5.75 Å². The van der Waals surface area contributed by atoms with E-state index in [1.54, 1.807) is 11.3 Å². The molecule has 1 heterocycles. The van der Waals surface area contributed by atoms with Crippen LogP contribution >= 0.6 is 27.3 Å². The summed E-state index contributed by atoms with van der Waals surface area (Å²) in [5.74, 6) is 0.454. The third kappa shape index (κ3) is 4.43. The molecule has 2 aromatic carbocycles. The zero-order valence-electron chi connectivity index (χ0n) is 13.0. The summed E-state index contributed by atoms with van der Waals surface area (Å²) in [5.41, 5.74) is 2.79. The zero-order valence-corrected chi connectivity index (χ0v) is 15.4. The molecule has 0 unspecified atom stereocenters. The van der Waals surface area contributed by atoms with Crippen LogP contribution in [-0.2, 0) is 4.79 Å². The lowest BCUT2D eigenvalue weighted by molar-refractivity contribution is -0.118. The summed E-state index contributed by atoms with van der Waals surface area (Å²) in [6, 6.07) is 15.0. The molecule has 4 nitrogen and oxygen atoms in total. The van der Waals surface area contributed by atoms with Crippen LogP contribution in [0.1, 0.15) is 5.69 Å². The summed E-state index contributed by atoms with van der Waals surface area (Å²) < 4.78 is 6.49. The number of rotatable bonds is 5. The number of hydrogen-bond acceptors (Lipinski definition) is 4. The molecule has 0 saturated carbocycles. The van der Waals surface area contributed by atoms with Crippen molar-refractivity contribution in [2.24, 2.45) is 0 Å². The van der Waals surface area contributed by atoms with Crippen molar-refractivity contribution in [3.05, 3.63) is 64.1 Å². The molecule has 3 aromatic rings. The van der Waals surface area contributed by atoms with Crippen LogP contribution in [0, 0.1) is 6.92 Å². The van der Waals surface area contributed by atoms with Gasteiger partial charge in [0.15, 0.2) is 6.61 Å². The Morgan fingerprint density at radius 3 is 2.50 bits per heavy atom. The Hall–Kier alpha value is -2.18. The molecule has 0 bridgehead atoms. The van der Waals surface area contributed by atoms with Gasteiger partial charge in [0.1, 0.15) is 10.8 Å². The number of aromatic nitrogens is 1. The summed E-state index contributed by atoms with van der Waals surface area (Å²) in [5, 5.41) is 5.79. The third-order valence-electron chi connectivity index (χ3n) is 3.22. The Morgan fingerprint density at radius 2 is 1.88 bits per heavy atom. The number of anilines is 1. The molecule has 1 N–H and O–H groups in total. The van der Waals surface area contributed by atoms with Crippen LogP contribution in [0.25, 0.3) is 10.6 Å². The molecule has 0 spiro atoms. The first-order valence-corrected chi connectivity index (χ1v) is 8.98. The lowest BCUT2D eigenvalue weighted by Crippen LogP contribution is -2.20. The molecule has 0 saturated heterocycles. The molecular formula is C18H15BrN2O2S. The fraction of sp³-hybridized carbons (Fsp3) is 0.111. The van der Waals surface area contributed by atoms with E-state index in [1.807, 2.05) is 60.8 Å². The van der Waals surface area contributed by atoms with Crippen molar-refractivity contribution in [3.8, 4) is 16.3 Å². The van der Waals surface area contributed by atoms with Gasteiger partial charge in [-0.2, -0.15) is 0 Å². The number of ether oxygens (including phenoxy) is 1. The van der Waals surface area contributed by atoms with E-state index in [0.29, 0.717) is 5.75 Å². The summed E-state index contributed by atoms with van der Waals surface area (Å²) in [4.78, 5) is 16.4. The van der Waals surface area contributed by atoms with Crippen LogP contribution in [-0.4, -0.2) is 17.5 Å². The second-order valence-electron chi connectivity index (χ2n) is 5.16. The summed E-state index contributed by atoms with van der Waals surface area (Å²) in [6.45, 7) is 1.94. The topological polar surface area (TPSA) is 51.2 Å². The predicted molar refractivity (Wildman–Crippen MR) is 101 cm³/mol. The molecule has 0 aliphatic rings. The van der Waals surface area contributed by atoms with Gasteiger partial charge in [-0.05, 0) is 55.5 Å². The van der Waals surface area contributed by atoms with E-state index in [1.165, 1.54) is 0 Å². The van der Waals surface area contributed by atoms with Gasteiger partial charge in [-0.15, -0.1) is 11.3 Å². The van der Waals surface area contributed by atoms with Crippen molar-refractivity contribution >= 4 is 38.9 Å². The third-order valence-corrected chi connectivity index (χ3v) is 4.76. The van der Waals surface area contributed by atoms with Crippen molar-refractivity contribution in [2.75, 3.05) is 11.9 Å². The van der Waals surface area contributed by atoms with Crippen molar-refractivity contribution in [1.82, 2.24) is 4.98 Å². The Labute approximate surface area is 152 Å². The zero-order chi connectivity index (χ0) is 16.9. The highest BCUT2D eigenvalue weighted by Gasteiger charge is 2.06. The van der Waals surface area contributed by atoms with Gasteiger partial charge >= 0.3 is 0 Å². The number of hydrogen-bond donors (Lipinski definition) is 1. The van der Waals surface area contributed by atoms with Gasteiger partial charge in [-0.1, -0.05) is 15.9 Å². The van der Waals surface area contributed by atoms with Gasteiger partial charge in [0, 0.05) is 26.8 Å². The lowest BCUT2D eigenvalue weighted by atomic mass is 10.2. The fourth-order valence-electron chi connectivity index (χ4n) is 2.06. The van der Waals surface area contributed by atoms with E-state index < -0.39 is 0 Å². The Bertz CT molecular complexity index is 829. The highest BCUT2D eigenvalue weighted by Crippen LogP contribution is 2.25. The number of nitrogens with one attached hydrogen (secondary N) is 1. The largest absolute Gasteiger partial charge is 0.484 e. The molecule has 0 radical (unpaired) electrons. The van der Waals surface area contributed by atoms with Crippen LogP contribution < -0.4 is 10.1 Å². The molecule has 1 aromatic heterocycles. The van der Waals surface area contributed by atoms with Crippen molar-refractivity contribution in [2.45, 2.75) is 6.92 Å².